The summed E-state index contributed by atoms with van der Waals surface area (Å²) in [7, 11) is 6.88. The Labute approximate surface area is 169 Å². The van der Waals surface area contributed by atoms with Crippen LogP contribution in [-0.2, 0) is 0 Å². The second-order valence-corrected chi connectivity index (χ2v) is 7.34. The van der Waals surface area contributed by atoms with Crippen LogP contribution in [0.25, 0.3) is 22.3 Å². The second kappa shape index (κ2) is 7.75. The Kier molecular flexibility index (Phi) is 5.15. The van der Waals surface area contributed by atoms with Crippen LogP contribution in [0.15, 0.2) is 35.1 Å². The zero-order chi connectivity index (χ0) is 20.5. The number of hydrogen-bond acceptors (Lipinski definition) is 6. The number of hydrogen-bond donors (Lipinski definition) is 1. The number of likely N-dealkylation sites (tertiary alicyclic amines) is 1. The van der Waals surface area contributed by atoms with E-state index in [2.05, 4.69) is 23.0 Å². The number of benzene rings is 2. The minimum Gasteiger partial charge on any atom is -0.497 e. The lowest BCUT2D eigenvalue weighted by Gasteiger charge is -2.17. The fraction of sp³-hybridized carbons (Fsp3) is 0.364. The first kappa shape index (κ1) is 19.3. The number of fused-ring (bicyclic) bond motifs is 1. The molecule has 1 saturated heterocycles. The van der Waals surface area contributed by atoms with Crippen LogP contribution >= 0.6 is 0 Å². The number of aromatic nitrogens is 2. The average molecular weight is 395 g/mol. The third-order valence-electron chi connectivity index (χ3n) is 5.55. The molecule has 0 bridgehead atoms. The molecule has 1 N–H and O–H groups in total. The molecule has 0 aliphatic carbocycles. The molecule has 0 radical (unpaired) electrons. The zero-order valence-corrected chi connectivity index (χ0v) is 17.1. The number of H-pyrrole nitrogens is 1. The van der Waals surface area contributed by atoms with E-state index in [0.29, 0.717) is 34.1 Å². The molecule has 2 heterocycles. The third kappa shape index (κ3) is 3.53. The molecule has 29 heavy (non-hydrogen) atoms. The number of rotatable bonds is 5. The molecule has 7 nitrogen and oxygen atoms in total. The van der Waals surface area contributed by atoms with Crippen molar-refractivity contribution >= 4 is 10.9 Å². The van der Waals surface area contributed by atoms with Crippen molar-refractivity contribution in [1.29, 1.82) is 0 Å². The number of ether oxygens (including phenoxy) is 3. The van der Waals surface area contributed by atoms with Gasteiger partial charge in [0.15, 0.2) is 0 Å². The Balaban J connectivity index is 1.91. The van der Waals surface area contributed by atoms with Gasteiger partial charge in [0.25, 0.3) is 5.56 Å². The molecule has 2 aromatic carbocycles. The number of nitrogens with zero attached hydrogens (tertiary/aromatic N) is 2. The van der Waals surface area contributed by atoms with Crippen molar-refractivity contribution in [2.75, 3.05) is 41.5 Å². The zero-order valence-electron chi connectivity index (χ0n) is 17.1. The minimum absolute atomic E-state index is 0.241. The van der Waals surface area contributed by atoms with Crippen LogP contribution in [0.3, 0.4) is 0 Å². The molecule has 0 saturated carbocycles. The van der Waals surface area contributed by atoms with E-state index in [1.54, 1.807) is 26.4 Å². The minimum atomic E-state index is -0.241. The molecule has 1 aliphatic heterocycles. The van der Waals surface area contributed by atoms with Crippen LogP contribution in [0.1, 0.15) is 17.9 Å². The van der Waals surface area contributed by atoms with Crippen molar-refractivity contribution < 1.29 is 14.2 Å². The first-order valence-electron chi connectivity index (χ1n) is 9.57. The fourth-order valence-corrected chi connectivity index (χ4v) is 4.03. The second-order valence-electron chi connectivity index (χ2n) is 7.34. The summed E-state index contributed by atoms with van der Waals surface area (Å²) >= 11 is 0. The van der Waals surface area contributed by atoms with Crippen LogP contribution in [-0.4, -0.2) is 56.3 Å². The third-order valence-corrected chi connectivity index (χ3v) is 5.55. The van der Waals surface area contributed by atoms with E-state index >= 15 is 0 Å². The highest BCUT2D eigenvalue weighted by molar-refractivity contribution is 5.87. The van der Waals surface area contributed by atoms with Crippen LogP contribution in [0.2, 0.25) is 0 Å². The summed E-state index contributed by atoms with van der Waals surface area (Å²) in [5, 5.41) is 0.410. The summed E-state index contributed by atoms with van der Waals surface area (Å²) in [5.41, 5.74) is 2.33. The van der Waals surface area contributed by atoms with E-state index in [4.69, 9.17) is 19.2 Å². The maximum Gasteiger partial charge on any atom is 0.262 e. The maximum atomic E-state index is 12.9. The van der Waals surface area contributed by atoms with Gasteiger partial charge in [-0.1, -0.05) is 0 Å². The molecular weight excluding hydrogens is 370 g/mol. The molecule has 3 aromatic rings. The smallest absolute Gasteiger partial charge is 0.262 e. The quantitative estimate of drug-likeness (QED) is 0.716. The van der Waals surface area contributed by atoms with Gasteiger partial charge in [-0.05, 0) is 49.7 Å². The monoisotopic (exact) mass is 395 g/mol. The summed E-state index contributed by atoms with van der Waals surface area (Å²) in [6, 6.07) is 9.35. The Hall–Kier alpha value is -3.06. The molecule has 0 spiro atoms. The fourth-order valence-electron chi connectivity index (χ4n) is 4.03. The highest BCUT2D eigenvalue weighted by atomic mass is 16.5. The van der Waals surface area contributed by atoms with Gasteiger partial charge in [0.2, 0.25) is 0 Å². The van der Waals surface area contributed by atoms with Gasteiger partial charge in [-0.15, -0.1) is 0 Å². The molecule has 1 unspecified atom stereocenters. The van der Waals surface area contributed by atoms with Gasteiger partial charge in [0.1, 0.15) is 28.5 Å². The first-order valence-corrected chi connectivity index (χ1v) is 9.57. The van der Waals surface area contributed by atoms with Gasteiger partial charge >= 0.3 is 0 Å². The molecule has 0 amide bonds. The van der Waals surface area contributed by atoms with E-state index in [0.717, 1.165) is 36.4 Å². The Bertz CT molecular complexity index is 1110. The Morgan fingerprint density at radius 2 is 1.86 bits per heavy atom. The van der Waals surface area contributed by atoms with Gasteiger partial charge < -0.3 is 24.1 Å². The van der Waals surface area contributed by atoms with E-state index in [1.807, 2.05) is 12.1 Å². The molecule has 1 atom stereocenters. The van der Waals surface area contributed by atoms with Crippen molar-refractivity contribution in [2.24, 2.45) is 0 Å². The Morgan fingerprint density at radius 3 is 2.52 bits per heavy atom. The van der Waals surface area contributed by atoms with Crippen LogP contribution in [0.5, 0.6) is 17.2 Å². The standard InChI is InChI=1S/C22H25N3O4/c1-25-8-7-13(12-25)17-9-14(27-2)5-6-16(17)21-23-18-10-15(28-3)11-19(29-4)20(18)22(26)24-21/h5-6,9-11,13H,7-8,12H2,1-4H3,(H,23,24,26). The van der Waals surface area contributed by atoms with Gasteiger partial charge in [0.05, 0.1) is 26.8 Å². The van der Waals surface area contributed by atoms with E-state index in [-0.39, 0.29) is 5.56 Å². The highest BCUT2D eigenvalue weighted by Crippen LogP contribution is 2.36. The predicted molar refractivity (Wildman–Crippen MR) is 112 cm³/mol. The molecule has 4 rings (SSSR count). The largest absolute Gasteiger partial charge is 0.497 e. The normalized spacial score (nSPS) is 16.9. The summed E-state index contributed by atoms with van der Waals surface area (Å²) in [6.45, 7) is 2.00. The number of aromatic amines is 1. The van der Waals surface area contributed by atoms with Crippen molar-refractivity contribution in [3.63, 3.8) is 0 Å². The van der Waals surface area contributed by atoms with Crippen molar-refractivity contribution in [3.05, 3.63) is 46.2 Å². The molecule has 1 fully saturated rings. The lowest BCUT2D eigenvalue weighted by atomic mass is 9.92. The van der Waals surface area contributed by atoms with E-state index < -0.39 is 0 Å². The van der Waals surface area contributed by atoms with Gasteiger partial charge in [-0.2, -0.15) is 0 Å². The Morgan fingerprint density at radius 1 is 1.07 bits per heavy atom. The number of nitrogens with one attached hydrogen (secondary N) is 1. The lowest BCUT2D eigenvalue weighted by Crippen LogP contribution is -2.15. The van der Waals surface area contributed by atoms with E-state index in [1.165, 1.54) is 7.11 Å². The van der Waals surface area contributed by atoms with Gasteiger partial charge in [-0.25, -0.2) is 4.98 Å². The maximum absolute atomic E-state index is 12.9. The molecular formula is C22H25N3O4. The molecule has 1 aliphatic rings. The van der Waals surface area contributed by atoms with Crippen LogP contribution < -0.4 is 19.8 Å². The van der Waals surface area contributed by atoms with Crippen molar-refractivity contribution in [3.8, 4) is 28.6 Å². The topological polar surface area (TPSA) is 76.7 Å². The van der Waals surface area contributed by atoms with Gasteiger partial charge in [-0.3, -0.25) is 4.79 Å². The highest BCUT2D eigenvalue weighted by Gasteiger charge is 2.25. The summed E-state index contributed by atoms with van der Waals surface area (Å²) in [5.74, 6) is 2.71. The lowest BCUT2D eigenvalue weighted by molar-refractivity contribution is 0.397. The number of methoxy groups -OCH3 is 3. The van der Waals surface area contributed by atoms with Crippen LogP contribution in [0.4, 0.5) is 0 Å². The van der Waals surface area contributed by atoms with Crippen molar-refractivity contribution in [2.45, 2.75) is 12.3 Å². The van der Waals surface area contributed by atoms with E-state index in [9.17, 15) is 4.79 Å². The molecule has 1 aromatic heterocycles. The SMILES string of the molecule is COc1ccc(-c2nc3cc(OC)cc(OC)c3c(=O)[nH]2)c(C2CCN(C)C2)c1. The van der Waals surface area contributed by atoms with Crippen LogP contribution in [0, 0.1) is 0 Å². The number of likely N-dealkylation sites (N-methyl/N-ethyl adjacent to an activating group) is 1. The summed E-state index contributed by atoms with van der Waals surface area (Å²) < 4.78 is 16.2. The van der Waals surface area contributed by atoms with Gasteiger partial charge in [0, 0.05) is 24.2 Å². The average Bonchev–Trinajstić information content (AvgIpc) is 3.18. The summed E-state index contributed by atoms with van der Waals surface area (Å²) in [4.78, 5) is 22.9. The predicted octanol–water partition coefficient (Wildman–Crippen LogP) is 3.04. The first-order chi connectivity index (χ1) is 14.0. The summed E-state index contributed by atoms with van der Waals surface area (Å²) in [6.07, 6.45) is 1.05. The molecule has 152 valence electrons. The van der Waals surface area contributed by atoms with Crippen molar-refractivity contribution in [1.82, 2.24) is 14.9 Å². The molecule has 7 heteroatoms.